The fraction of sp³-hybridized carbons (Fsp3) is 0.558. The Hall–Kier alpha value is -3.75. The highest BCUT2D eigenvalue weighted by Gasteiger charge is 2.40. The lowest BCUT2D eigenvalue weighted by molar-refractivity contribution is -0.189. The Balaban J connectivity index is 1.64. The lowest BCUT2D eigenvalue weighted by atomic mass is 10.0. The Morgan fingerprint density at radius 3 is 1.90 bits per heavy atom. The molecule has 0 saturated carbocycles. The molecule has 280 valence electrons. The molecular formula is C43H61NO7. The van der Waals surface area contributed by atoms with Gasteiger partial charge in [-0.05, 0) is 127 Å². The van der Waals surface area contributed by atoms with E-state index in [0.29, 0.717) is 13.0 Å². The van der Waals surface area contributed by atoms with Crippen LogP contribution in [0.3, 0.4) is 0 Å². The zero-order valence-electron chi connectivity index (χ0n) is 32.5. The summed E-state index contributed by atoms with van der Waals surface area (Å²) in [5.41, 5.74) is 3.57. The average molecular weight is 704 g/mol. The number of hydrogen-bond donors (Lipinski definition) is 0. The number of rotatable bonds is 19. The quantitative estimate of drug-likeness (QED) is 0.0914. The minimum absolute atomic E-state index is 0.248. The number of hydrogen-bond acceptors (Lipinski definition) is 7. The second-order valence-electron chi connectivity index (χ2n) is 15.6. The summed E-state index contributed by atoms with van der Waals surface area (Å²) in [6.45, 7) is 14.9. The number of carbonyl (C=O) groups is 3. The number of nitrogens with zero attached hydrogens (tertiary/aromatic N) is 1. The largest absolute Gasteiger partial charge is 0.458 e. The molecule has 0 saturated heterocycles. The van der Waals surface area contributed by atoms with Crippen molar-refractivity contribution in [3.8, 4) is 0 Å². The number of carbonyl (C=O) groups excluding carboxylic acids is 3. The number of ether oxygens (including phenoxy) is 4. The Kier molecular flexibility index (Phi) is 16.1. The summed E-state index contributed by atoms with van der Waals surface area (Å²) in [5, 5.41) is 2.47. The van der Waals surface area contributed by atoms with Crippen LogP contribution in [-0.2, 0) is 46.2 Å². The highest BCUT2D eigenvalue weighted by atomic mass is 16.6. The molecule has 0 fully saturated rings. The van der Waals surface area contributed by atoms with E-state index in [4.69, 9.17) is 18.9 Å². The van der Waals surface area contributed by atoms with E-state index in [2.05, 4.69) is 68.4 Å². The van der Waals surface area contributed by atoms with E-state index in [9.17, 15) is 14.4 Å². The second kappa shape index (κ2) is 19.7. The third kappa shape index (κ3) is 15.2. The smallest absolute Gasteiger partial charge is 0.339 e. The van der Waals surface area contributed by atoms with Crippen molar-refractivity contribution in [2.45, 2.75) is 130 Å². The van der Waals surface area contributed by atoms with Crippen molar-refractivity contribution < 1.29 is 33.3 Å². The zero-order chi connectivity index (χ0) is 37.6. The molecule has 0 heterocycles. The van der Waals surface area contributed by atoms with Crippen LogP contribution in [0, 0.1) is 13.8 Å². The monoisotopic (exact) mass is 703 g/mol. The molecule has 51 heavy (non-hydrogen) atoms. The summed E-state index contributed by atoms with van der Waals surface area (Å²) in [6, 6.07) is 21.5. The van der Waals surface area contributed by atoms with E-state index in [1.807, 2.05) is 6.07 Å². The third-order valence-electron chi connectivity index (χ3n) is 8.59. The molecule has 0 N–H and O–H groups in total. The lowest BCUT2D eigenvalue weighted by Gasteiger charge is -2.31. The second-order valence-corrected chi connectivity index (χ2v) is 15.6. The first kappa shape index (κ1) is 41.7. The highest BCUT2D eigenvalue weighted by molar-refractivity contribution is 5.89. The SMILES string of the molecule is Cc1ccc(CCCCCO[C@@H](C(=O)N(C)CCCCCc2ccc3ccccc3c2)[C@@H](OCC(=O)OC(C)(C)C)C(=O)OC(C)(C)C)cc1C. The van der Waals surface area contributed by atoms with Gasteiger partial charge in [0.1, 0.15) is 17.8 Å². The van der Waals surface area contributed by atoms with Gasteiger partial charge in [-0.1, -0.05) is 73.5 Å². The normalized spacial score (nSPS) is 13.1. The topological polar surface area (TPSA) is 91.4 Å². The van der Waals surface area contributed by atoms with Crippen LogP contribution >= 0.6 is 0 Å². The van der Waals surface area contributed by atoms with Crippen LogP contribution in [0.25, 0.3) is 10.8 Å². The Bertz CT molecular complexity index is 1570. The molecule has 0 bridgehead atoms. The summed E-state index contributed by atoms with van der Waals surface area (Å²) >= 11 is 0. The van der Waals surface area contributed by atoms with Gasteiger partial charge in [0.2, 0.25) is 0 Å². The predicted octanol–water partition coefficient (Wildman–Crippen LogP) is 8.49. The van der Waals surface area contributed by atoms with Crippen LogP contribution in [-0.4, -0.2) is 73.0 Å². The first-order valence-corrected chi connectivity index (χ1v) is 18.5. The molecule has 0 unspecified atom stereocenters. The van der Waals surface area contributed by atoms with Gasteiger partial charge in [0.25, 0.3) is 5.91 Å². The van der Waals surface area contributed by atoms with Crippen LogP contribution < -0.4 is 0 Å². The van der Waals surface area contributed by atoms with Gasteiger partial charge in [-0.2, -0.15) is 0 Å². The van der Waals surface area contributed by atoms with Gasteiger partial charge in [0, 0.05) is 20.2 Å². The fourth-order valence-corrected chi connectivity index (χ4v) is 5.81. The summed E-state index contributed by atoms with van der Waals surface area (Å²) in [4.78, 5) is 41.7. The van der Waals surface area contributed by atoms with Crippen LogP contribution in [0.15, 0.2) is 60.7 Å². The van der Waals surface area contributed by atoms with Crippen molar-refractivity contribution in [3.63, 3.8) is 0 Å². The molecule has 3 aromatic rings. The van der Waals surface area contributed by atoms with E-state index in [0.717, 1.165) is 44.9 Å². The Morgan fingerprint density at radius 2 is 1.25 bits per heavy atom. The van der Waals surface area contributed by atoms with Gasteiger partial charge in [0.15, 0.2) is 12.2 Å². The molecule has 3 aromatic carbocycles. The van der Waals surface area contributed by atoms with Gasteiger partial charge < -0.3 is 23.8 Å². The molecule has 8 heteroatoms. The molecule has 0 aliphatic carbocycles. The van der Waals surface area contributed by atoms with Crippen molar-refractivity contribution in [2.75, 3.05) is 26.8 Å². The molecule has 0 spiro atoms. The standard InChI is InChI=1S/C43H61NO7/c1-31-22-23-33(28-32(31)2)18-13-11-17-27-48-38(39(41(47)51-43(6,7)8)49-30-37(45)50-42(3,4)5)40(46)44(9)26-16-10-12-19-34-24-25-35-20-14-15-21-36(35)29-34/h14-15,20-25,28-29,38-39H,10-13,16-19,26-27,30H2,1-9H3/t38-,39-/m1/s1. The maximum absolute atomic E-state index is 14.0. The van der Waals surface area contributed by atoms with Crippen molar-refractivity contribution in [3.05, 3.63) is 82.9 Å². The maximum atomic E-state index is 14.0. The van der Waals surface area contributed by atoms with Crippen LogP contribution in [0.4, 0.5) is 0 Å². The van der Waals surface area contributed by atoms with E-state index >= 15 is 0 Å². The molecule has 0 aromatic heterocycles. The number of amides is 1. The number of likely N-dealkylation sites (N-methyl/N-ethyl adjacent to an activating group) is 1. The fourth-order valence-electron chi connectivity index (χ4n) is 5.81. The Labute approximate surface area is 306 Å². The molecule has 3 rings (SSSR count). The van der Waals surface area contributed by atoms with Crippen molar-refractivity contribution in [1.29, 1.82) is 0 Å². The van der Waals surface area contributed by atoms with Crippen LogP contribution in [0.2, 0.25) is 0 Å². The minimum Gasteiger partial charge on any atom is -0.458 e. The first-order chi connectivity index (χ1) is 24.0. The molecule has 8 nitrogen and oxygen atoms in total. The van der Waals surface area contributed by atoms with E-state index in [1.165, 1.54) is 33.0 Å². The van der Waals surface area contributed by atoms with Gasteiger partial charge >= 0.3 is 11.9 Å². The van der Waals surface area contributed by atoms with Gasteiger partial charge in [-0.3, -0.25) is 4.79 Å². The maximum Gasteiger partial charge on any atom is 0.339 e. The summed E-state index contributed by atoms with van der Waals surface area (Å²) in [6.07, 6.45) is 4.43. The summed E-state index contributed by atoms with van der Waals surface area (Å²) < 4.78 is 23.1. The van der Waals surface area contributed by atoms with Gasteiger partial charge in [-0.15, -0.1) is 0 Å². The summed E-state index contributed by atoms with van der Waals surface area (Å²) in [7, 11) is 1.71. The van der Waals surface area contributed by atoms with Crippen LogP contribution in [0.1, 0.15) is 102 Å². The van der Waals surface area contributed by atoms with Gasteiger partial charge in [-0.25, -0.2) is 9.59 Å². The van der Waals surface area contributed by atoms with Crippen molar-refractivity contribution >= 4 is 28.6 Å². The highest BCUT2D eigenvalue weighted by Crippen LogP contribution is 2.20. The van der Waals surface area contributed by atoms with Crippen molar-refractivity contribution in [2.24, 2.45) is 0 Å². The molecule has 0 aliphatic rings. The lowest BCUT2D eigenvalue weighted by Crippen LogP contribution is -2.51. The Morgan fingerprint density at radius 1 is 0.647 bits per heavy atom. The number of unbranched alkanes of at least 4 members (excludes halogenated alkanes) is 4. The number of fused-ring (bicyclic) bond motifs is 1. The predicted molar refractivity (Wildman–Crippen MR) is 204 cm³/mol. The molecule has 0 aliphatic heterocycles. The molecule has 0 radical (unpaired) electrons. The molecule has 1 amide bonds. The summed E-state index contributed by atoms with van der Waals surface area (Å²) in [5.74, 6) is -1.80. The average Bonchev–Trinajstić information content (AvgIpc) is 3.04. The van der Waals surface area contributed by atoms with Crippen molar-refractivity contribution in [1.82, 2.24) is 4.90 Å². The van der Waals surface area contributed by atoms with Gasteiger partial charge in [0.05, 0.1) is 0 Å². The number of aryl methyl sites for hydroxylation is 4. The number of benzene rings is 3. The molecular weight excluding hydrogens is 642 g/mol. The number of esters is 2. The zero-order valence-corrected chi connectivity index (χ0v) is 32.5. The van der Waals surface area contributed by atoms with Crippen LogP contribution in [0.5, 0.6) is 0 Å². The van der Waals surface area contributed by atoms with E-state index < -0.39 is 42.0 Å². The third-order valence-corrected chi connectivity index (χ3v) is 8.59. The van der Waals surface area contributed by atoms with E-state index in [-0.39, 0.29) is 12.5 Å². The first-order valence-electron chi connectivity index (χ1n) is 18.5. The molecule has 2 atom stereocenters. The van der Waals surface area contributed by atoms with E-state index in [1.54, 1.807) is 53.5 Å². The minimum atomic E-state index is -1.45.